The second-order valence-electron chi connectivity index (χ2n) is 5.26. The molecule has 20 heavy (non-hydrogen) atoms. The van der Waals surface area contributed by atoms with Gasteiger partial charge in [0.05, 0.1) is 0 Å². The summed E-state index contributed by atoms with van der Waals surface area (Å²) < 4.78 is 0. The average Bonchev–Trinajstić information content (AvgIpc) is 2.47. The van der Waals surface area contributed by atoms with E-state index in [0.29, 0.717) is 32.0 Å². The van der Waals surface area contributed by atoms with E-state index in [1.54, 1.807) is 23.1 Å². The second-order valence-corrected chi connectivity index (χ2v) is 5.26. The highest BCUT2D eigenvalue weighted by Crippen LogP contribution is 2.16. The fourth-order valence-corrected chi connectivity index (χ4v) is 2.46. The van der Waals surface area contributed by atoms with E-state index in [4.69, 9.17) is 5.11 Å². The largest absolute Gasteiger partial charge is 0.508 e. The maximum Gasteiger partial charge on any atom is 0.317 e. The summed E-state index contributed by atoms with van der Waals surface area (Å²) in [5.41, 5.74) is 1.00. The van der Waals surface area contributed by atoms with Crippen molar-refractivity contribution in [2.45, 2.75) is 19.3 Å². The molecule has 2 rings (SSSR count). The molecule has 110 valence electrons. The van der Waals surface area contributed by atoms with Crippen LogP contribution in [0.15, 0.2) is 24.3 Å². The van der Waals surface area contributed by atoms with Gasteiger partial charge >= 0.3 is 6.03 Å². The molecule has 5 nitrogen and oxygen atoms in total. The number of carbonyl (C=O) groups is 1. The van der Waals surface area contributed by atoms with Gasteiger partial charge in [-0.3, -0.25) is 0 Å². The van der Waals surface area contributed by atoms with Gasteiger partial charge in [-0.1, -0.05) is 12.1 Å². The standard InChI is InChI=1S/C15H22N2O3/c18-11-13-5-8-17(9-6-13)15(20)16-7-4-12-2-1-3-14(19)10-12/h1-3,10,13,18-19H,4-9,11H2,(H,16,20). The van der Waals surface area contributed by atoms with Crippen LogP contribution in [-0.4, -0.2) is 47.4 Å². The van der Waals surface area contributed by atoms with Crippen molar-refractivity contribution in [3.8, 4) is 5.75 Å². The second kappa shape index (κ2) is 7.14. The molecule has 0 radical (unpaired) electrons. The Kier molecular flexibility index (Phi) is 5.24. The van der Waals surface area contributed by atoms with E-state index in [-0.39, 0.29) is 18.4 Å². The summed E-state index contributed by atoms with van der Waals surface area (Å²) in [5, 5.41) is 21.3. The topological polar surface area (TPSA) is 72.8 Å². The maximum atomic E-state index is 12.0. The van der Waals surface area contributed by atoms with Crippen LogP contribution in [0.1, 0.15) is 18.4 Å². The zero-order valence-corrected chi connectivity index (χ0v) is 11.6. The zero-order chi connectivity index (χ0) is 14.4. The van der Waals surface area contributed by atoms with Gasteiger partial charge in [0.25, 0.3) is 0 Å². The predicted octanol–water partition coefficient (Wildman–Crippen LogP) is 1.35. The van der Waals surface area contributed by atoms with Crippen molar-refractivity contribution in [3.05, 3.63) is 29.8 Å². The molecule has 1 aliphatic heterocycles. The third-order valence-electron chi connectivity index (χ3n) is 3.76. The van der Waals surface area contributed by atoms with Gasteiger partial charge in [0.2, 0.25) is 0 Å². The van der Waals surface area contributed by atoms with Gasteiger partial charge in [-0.15, -0.1) is 0 Å². The quantitative estimate of drug-likeness (QED) is 0.778. The summed E-state index contributed by atoms with van der Waals surface area (Å²) in [6.07, 6.45) is 2.44. The molecule has 0 aliphatic carbocycles. The summed E-state index contributed by atoms with van der Waals surface area (Å²) in [5.74, 6) is 0.589. The van der Waals surface area contributed by atoms with Gasteiger partial charge in [0.1, 0.15) is 5.75 Å². The van der Waals surface area contributed by atoms with E-state index in [1.165, 1.54) is 0 Å². The predicted molar refractivity (Wildman–Crippen MR) is 76.6 cm³/mol. The number of urea groups is 1. The number of amides is 2. The Morgan fingerprint density at radius 3 is 2.75 bits per heavy atom. The number of phenols is 1. The van der Waals surface area contributed by atoms with Gasteiger partial charge in [-0.05, 0) is 42.9 Å². The van der Waals surface area contributed by atoms with Crippen molar-refractivity contribution in [2.75, 3.05) is 26.2 Å². The number of aliphatic hydroxyl groups excluding tert-OH is 1. The first-order valence-electron chi connectivity index (χ1n) is 7.10. The number of aliphatic hydroxyl groups is 1. The smallest absolute Gasteiger partial charge is 0.317 e. The molecule has 1 aromatic rings. The zero-order valence-electron chi connectivity index (χ0n) is 11.6. The third kappa shape index (κ3) is 4.13. The molecule has 1 aliphatic rings. The number of piperidine rings is 1. The Bertz CT molecular complexity index is 442. The van der Waals surface area contributed by atoms with Gasteiger partial charge in [0.15, 0.2) is 0 Å². The van der Waals surface area contributed by atoms with Gasteiger partial charge in [-0.25, -0.2) is 4.79 Å². The van der Waals surface area contributed by atoms with Crippen molar-refractivity contribution in [1.29, 1.82) is 0 Å². The van der Waals surface area contributed by atoms with Crippen LogP contribution in [-0.2, 0) is 6.42 Å². The minimum Gasteiger partial charge on any atom is -0.508 e. The van der Waals surface area contributed by atoms with E-state index in [0.717, 1.165) is 18.4 Å². The average molecular weight is 278 g/mol. The Morgan fingerprint density at radius 2 is 2.10 bits per heavy atom. The van der Waals surface area contributed by atoms with Crippen LogP contribution >= 0.6 is 0 Å². The van der Waals surface area contributed by atoms with E-state index < -0.39 is 0 Å². The minimum absolute atomic E-state index is 0.0402. The molecular formula is C15H22N2O3. The summed E-state index contributed by atoms with van der Waals surface area (Å²) in [4.78, 5) is 13.8. The van der Waals surface area contributed by atoms with Crippen LogP contribution in [0.5, 0.6) is 5.75 Å². The lowest BCUT2D eigenvalue weighted by atomic mass is 9.98. The summed E-state index contributed by atoms with van der Waals surface area (Å²) in [7, 11) is 0. The van der Waals surface area contributed by atoms with Crippen LogP contribution in [0.4, 0.5) is 4.79 Å². The molecule has 1 saturated heterocycles. The Balaban J connectivity index is 1.70. The van der Waals surface area contributed by atoms with Crippen molar-refractivity contribution >= 4 is 6.03 Å². The SMILES string of the molecule is O=C(NCCc1cccc(O)c1)N1CCC(CO)CC1. The molecule has 0 spiro atoms. The first-order valence-corrected chi connectivity index (χ1v) is 7.10. The Morgan fingerprint density at radius 1 is 1.35 bits per heavy atom. The monoisotopic (exact) mass is 278 g/mol. The molecule has 0 saturated carbocycles. The van der Waals surface area contributed by atoms with Crippen molar-refractivity contribution in [2.24, 2.45) is 5.92 Å². The van der Waals surface area contributed by atoms with Gasteiger partial charge < -0.3 is 20.4 Å². The fraction of sp³-hybridized carbons (Fsp3) is 0.533. The highest BCUT2D eigenvalue weighted by molar-refractivity contribution is 5.74. The lowest BCUT2D eigenvalue weighted by Gasteiger charge is -2.31. The number of carbonyl (C=O) groups excluding carboxylic acids is 1. The normalized spacial score (nSPS) is 16.1. The molecule has 5 heteroatoms. The highest BCUT2D eigenvalue weighted by Gasteiger charge is 2.21. The van der Waals surface area contributed by atoms with Gasteiger partial charge in [-0.2, -0.15) is 0 Å². The van der Waals surface area contributed by atoms with E-state index in [9.17, 15) is 9.90 Å². The van der Waals surface area contributed by atoms with E-state index in [2.05, 4.69) is 5.32 Å². The lowest BCUT2D eigenvalue weighted by molar-refractivity contribution is 0.137. The number of hydrogen-bond donors (Lipinski definition) is 3. The molecule has 0 bridgehead atoms. The first-order chi connectivity index (χ1) is 9.69. The van der Waals surface area contributed by atoms with E-state index in [1.807, 2.05) is 6.07 Å². The molecule has 3 N–H and O–H groups in total. The number of likely N-dealkylation sites (tertiary alicyclic amines) is 1. The summed E-state index contributed by atoms with van der Waals surface area (Å²) in [6, 6.07) is 7.03. The summed E-state index contributed by atoms with van der Waals surface area (Å²) >= 11 is 0. The van der Waals surface area contributed by atoms with Crippen LogP contribution in [0.25, 0.3) is 0 Å². The number of aromatic hydroxyl groups is 1. The lowest BCUT2D eigenvalue weighted by Crippen LogP contribution is -2.45. The number of hydrogen-bond acceptors (Lipinski definition) is 3. The fourth-order valence-electron chi connectivity index (χ4n) is 2.46. The first kappa shape index (κ1) is 14.7. The number of benzene rings is 1. The van der Waals surface area contributed by atoms with Crippen LogP contribution in [0.2, 0.25) is 0 Å². The highest BCUT2D eigenvalue weighted by atomic mass is 16.3. The molecule has 0 aromatic heterocycles. The van der Waals surface area contributed by atoms with Crippen LogP contribution < -0.4 is 5.32 Å². The summed E-state index contributed by atoms with van der Waals surface area (Å²) in [6.45, 7) is 2.20. The number of nitrogens with zero attached hydrogens (tertiary/aromatic N) is 1. The Labute approximate surface area is 119 Å². The van der Waals surface area contributed by atoms with Gasteiger partial charge in [0, 0.05) is 26.2 Å². The third-order valence-corrected chi connectivity index (χ3v) is 3.76. The van der Waals surface area contributed by atoms with E-state index >= 15 is 0 Å². The van der Waals surface area contributed by atoms with Crippen LogP contribution in [0.3, 0.4) is 0 Å². The maximum absolute atomic E-state index is 12.0. The molecule has 1 fully saturated rings. The van der Waals surface area contributed by atoms with Crippen molar-refractivity contribution in [3.63, 3.8) is 0 Å². The molecule has 1 heterocycles. The molecule has 0 atom stereocenters. The molecule has 2 amide bonds. The number of nitrogens with one attached hydrogen (secondary N) is 1. The minimum atomic E-state index is -0.0402. The molecule has 1 aromatic carbocycles. The Hall–Kier alpha value is -1.75. The molecular weight excluding hydrogens is 256 g/mol. The van der Waals surface area contributed by atoms with Crippen LogP contribution in [0, 0.1) is 5.92 Å². The number of phenolic OH excluding ortho intramolecular Hbond substituents is 1. The number of rotatable bonds is 4. The van der Waals surface area contributed by atoms with Crippen molar-refractivity contribution < 1.29 is 15.0 Å². The molecule has 0 unspecified atom stereocenters. The van der Waals surface area contributed by atoms with Crippen molar-refractivity contribution in [1.82, 2.24) is 10.2 Å².